The van der Waals surface area contributed by atoms with Crippen LogP contribution in [0.3, 0.4) is 0 Å². The Labute approximate surface area is 178 Å². The number of hydrogen-bond donors (Lipinski definition) is 3. The molecule has 2 rings (SSSR count). The van der Waals surface area contributed by atoms with Crippen molar-refractivity contribution in [1.29, 1.82) is 0 Å². The minimum atomic E-state index is -0.673. The van der Waals surface area contributed by atoms with E-state index in [0.29, 0.717) is 22.0 Å². The Kier molecular flexibility index (Phi) is 7.47. The van der Waals surface area contributed by atoms with Gasteiger partial charge in [0.05, 0.1) is 10.0 Å². The van der Waals surface area contributed by atoms with Gasteiger partial charge >= 0.3 is 6.09 Å². The van der Waals surface area contributed by atoms with Crippen LogP contribution in [0.25, 0.3) is 0 Å². The fraction of sp³-hybridized carbons (Fsp3) is 0.250. The summed E-state index contributed by atoms with van der Waals surface area (Å²) in [5.41, 5.74) is 0.766. The number of benzene rings is 2. The van der Waals surface area contributed by atoms with Crippen LogP contribution in [0.15, 0.2) is 42.5 Å². The van der Waals surface area contributed by atoms with Crippen molar-refractivity contribution in [1.82, 2.24) is 5.32 Å². The van der Waals surface area contributed by atoms with Crippen LogP contribution < -0.4 is 16.0 Å². The standard InChI is InChI=1S/C20H21Cl2N3O4/c1-20(2,3)29-19(28)23-11-17(26)24-13-5-7-14(8-6-13)25-18(27)12-4-9-15(21)16(22)10-12/h4-10H,11H2,1-3H3,(H,23,28)(H,24,26)(H,25,27). The molecule has 0 spiro atoms. The molecule has 0 aromatic heterocycles. The topological polar surface area (TPSA) is 96.5 Å². The second-order valence-electron chi connectivity index (χ2n) is 7.06. The van der Waals surface area contributed by atoms with Crippen molar-refractivity contribution in [2.24, 2.45) is 0 Å². The average molecular weight is 438 g/mol. The summed E-state index contributed by atoms with van der Waals surface area (Å²) in [4.78, 5) is 35.7. The molecule has 0 bridgehead atoms. The molecule has 0 unspecified atom stereocenters. The number of rotatable bonds is 5. The zero-order chi connectivity index (χ0) is 21.6. The Bertz CT molecular complexity index is 909. The number of halogens is 2. The van der Waals surface area contributed by atoms with E-state index in [0.717, 1.165) is 0 Å². The molecule has 0 saturated carbocycles. The molecule has 9 heteroatoms. The van der Waals surface area contributed by atoms with Crippen LogP contribution >= 0.6 is 23.2 Å². The van der Waals surface area contributed by atoms with Crippen LogP contribution in [0, 0.1) is 0 Å². The summed E-state index contributed by atoms with van der Waals surface area (Å²) in [7, 11) is 0. The number of anilines is 2. The number of carbonyl (C=O) groups is 3. The molecule has 0 saturated heterocycles. The van der Waals surface area contributed by atoms with Gasteiger partial charge in [-0.05, 0) is 63.2 Å². The first-order valence-electron chi connectivity index (χ1n) is 8.67. The molecule has 29 heavy (non-hydrogen) atoms. The summed E-state index contributed by atoms with van der Waals surface area (Å²) in [6, 6.07) is 11.1. The van der Waals surface area contributed by atoms with Crippen molar-refractivity contribution >= 4 is 52.5 Å². The van der Waals surface area contributed by atoms with Gasteiger partial charge in [-0.3, -0.25) is 9.59 Å². The minimum absolute atomic E-state index is 0.231. The van der Waals surface area contributed by atoms with Crippen LogP contribution in [0.2, 0.25) is 10.0 Å². The highest BCUT2D eigenvalue weighted by molar-refractivity contribution is 6.42. The van der Waals surface area contributed by atoms with Gasteiger partial charge in [0.1, 0.15) is 12.1 Å². The van der Waals surface area contributed by atoms with Gasteiger partial charge in [0, 0.05) is 16.9 Å². The molecule has 154 valence electrons. The molecule has 0 fully saturated rings. The molecule has 0 heterocycles. The largest absolute Gasteiger partial charge is 0.444 e. The van der Waals surface area contributed by atoms with Gasteiger partial charge in [-0.1, -0.05) is 23.2 Å². The first-order valence-corrected chi connectivity index (χ1v) is 9.42. The van der Waals surface area contributed by atoms with Gasteiger partial charge in [0.2, 0.25) is 5.91 Å². The van der Waals surface area contributed by atoms with E-state index >= 15 is 0 Å². The number of amides is 3. The molecule has 2 aromatic carbocycles. The van der Waals surface area contributed by atoms with Crippen LogP contribution in [-0.4, -0.2) is 30.1 Å². The van der Waals surface area contributed by atoms with Crippen molar-refractivity contribution in [2.75, 3.05) is 17.2 Å². The number of ether oxygens (including phenoxy) is 1. The minimum Gasteiger partial charge on any atom is -0.444 e. The lowest BCUT2D eigenvalue weighted by Gasteiger charge is -2.19. The molecule has 7 nitrogen and oxygen atoms in total. The van der Waals surface area contributed by atoms with Crippen molar-refractivity contribution in [3.8, 4) is 0 Å². The predicted molar refractivity (Wildman–Crippen MR) is 114 cm³/mol. The smallest absolute Gasteiger partial charge is 0.408 e. The van der Waals surface area contributed by atoms with Crippen LogP contribution in [0.5, 0.6) is 0 Å². The Balaban J connectivity index is 1.86. The zero-order valence-corrected chi connectivity index (χ0v) is 17.6. The summed E-state index contributed by atoms with van der Waals surface area (Å²) in [6.07, 6.45) is -0.673. The maximum absolute atomic E-state index is 12.3. The maximum Gasteiger partial charge on any atom is 0.408 e. The molecule has 0 radical (unpaired) electrons. The normalized spacial score (nSPS) is 10.8. The molecule has 0 aliphatic heterocycles. The van der Waals surface area contributed by atoms with E-state index < -0.39 is 17.6 Å². The van der Waals surface area contributed by atoms with Gasteiger partial charge in [0.25, 0.3) is 5.91 Å². The van der Waals surface area contributed by atoms with Crippen LogP contribution in [0.4, 0.5) is 16.2 Å². The maximum atomic E-state index is 12.3. The summed E-state index contributed by atoms with van der Waals surface area (Å²) in [5, 5.41) is 8.38. The first kappa shape index (κ1) is 22.5. The Morgan fingerprint density at radius 2 is 1.48 bits per heavy atom. The SMILES string of the molecule is CC(C)(C)OC(=O)NCC(=O)Nc1ccc(NC(=O)c2ccc(Cl)c(Cl)c2)cc1. The van der Waals surface area contributed by atoms with Gasteiger partial charge < -0.3 is 20.7 Å². The van der Waals surface area contributed by atoms with E-state index in [9.17, 15) is 14.4 Å². The van der Waals surface area contributed by atoms with Crippen molar-refractivity contribution in [2.45, 2.75) is 26.4 Å². The average Bonchev–Trinajstić information content (AvgIpc) is 2.62. The highest BCUT2D eigenvalue weighted by atomic mass is 35.5. The molecular formula is C20H21Cl2N3O4. The van der Waals surface area contributed by atoms with E-state index in [1.54, 1.807) is 57.2 Å². The van der Waals surface area contributed by atoms with Gasteiger partial charge in [0.15, 0.2) is 0 Å². The third-order valence-corrected chi connectivity index (χ3v) is 4.14. The summed E-state index contributed by atoms with van der Waals surface area (Å²) in [6.45, 7) is 4.96. The first-order chi connectivity index (χ1) is 13.5. The fourth-order valence-electron chi connectivity index (χ4n) is 2.15. The second kappa shape index (κ2) is 9.62. The monoisotopic (exact) mass is 437 g/mol. The molecule has 0 aliphatic carbocycles. The van der Waals surface area contributed by atoms with E-state index in [4.69, 9.17) is 27.9 Å². The molecule has 0 aliphatic rings. The van der Waals surface area contributed by atoms with Crippen LogP contribution in [-0.2, 0) is 9.53 Å². The lowest BCUT2D eigenvalue weighted by atomic mass is 10.2. The highest BCUT2D eigenvalue weighted by Crippen LogP contribution is 2.23. The lowest BCUT2D eigenvalue weighted by Crippen LogP contribution is -2.37. The number of alkyl carbamates (subject to hydrolysis) is 1. The summed E-state index contributed by atoms with van der Waals surface area (Å²) < 4.78 is 5.06. The summed E-state index contributed by atoms with van der Waals surface area (Å²) >= 11 is 11.8. The van der Waals surface area contributed by atoms with Crippen molar-refractivity contribution in [3.05, 3.63) is 58.1 Å². The molecular weight excluding hydrogens is 417 g/mol. The Morgan fingerprint density at radius 1 is 0.897 bits per heavy atom. The molecule has 3 N–H and O–H groups in total. The zero-order valence-electron chi connectivity index (χ0n) is 16.1. The quantitative estimate of drug-likeness (QED) is 0.630. The van der Waals surface area contributed by atoms with E-state index in [1.807, 2.05) is 0 Å². The number of carbonyl (C=O) groups excluding carboxylic acids is 3. The van der Waals surface area contributed by atoms with Crippen molar-refractivity contribution in [3.63, 3.8) is 0 Å². The summed E-state index contributed by atoms with van der Waals surface area (Å²) in [5.74, 6) is -0.759. The highest BCUT2D eigenvalue weighted by Gasteiger charge is 2.16. The van der Waals surface area contributed by atoms with Crippen molar-refractivity contribution < 1.29 is 19.1 Å². The van der Waals surface area contributed by atoms with Gasteiger partial charge in [-0.25, -0.2) is 4.79 Å². The van der Waals surface area contributed by atoms with E-state index in [2.05, 4.69) is 16.0 Å². The Hall–Kier alpha value is -2.77. The second-order valence-corrected chi connectivity index (χ2v) is 7.88. The van der Waals surface area contributed by atoms with E-state index in [1.165, 1.54) is 6.07 Å². The third-order valence-electron chi connectivity index (χ3n) is 3.40. The lowest BCUT2D eigenvalue weighted by molar-refractivity contribution is -0.115. The molecule has 3 amide bonds. The molecule has 0 atom stereocenters. The molecule has 2 aromatic rings. The fourth-order valence-corrected chi connectivity index (χ4v) is 2.45. The predicted octanol–water partition coefficient (Wildman–Crippen LogP) is 4.71. The third kappa shape index (κ3) is 7.63. The van der Waals surface area contributed by atoms with Gasteiger partial charge in [-0.15, -0.1) is 0 Å². The van der Waals surface area contributed by atoms with E-state index in [-0.39, 0.29) is 17.5 Å². The van der Waals surface area contributed by atoms with Gasteiger partial charge in [-0.2, -0.15) is 0 Å². The van der Waals surface area contributed by atoms with Crippen LogP contribution in [0.1, 0.15) is 31.1 Å². The number of hydrogen-bond acceptors (Lipinski definition) is 4. The number of nitrogens with one attached hydrogen (secondary N) is 3. The Morgan fingerprint density at radius 3 is 2.03 bits per heavy atom.